The topological polar surface area (TPSA) is 15.7 Å². The molecule has 0 N–H and O–H groups in total. The highest BCUT2D eigenvalue weighted by Crippen LogP contribution is 2.41. The monoisotopic (exact) mass is 406 g/mol. The van der Waals surface area contributed by atoms with Gasteiger partial charge in [0.25, 0.3) is 0 Å². The summed E-state index contributed by atoms with van der Waals surface area (Å²) in [5, 5.41) is 0. The molecule has 158 valence electrons. The quantitative estimate of drug-likeness (QED) is 0.698. The van der Waals surface area contributed by atoms with E-state index >= 15 is 0 Å². The Hall–Kier alpha value is -2.33. The molecule has 0 spiro atoms. The zero-order chi connectivity index (χ0) is 20.5. The smallest absolute Gasteiger partial charge is 0.142 e. The second kappa shape index (κ2) is 8.43. The molecule has 0 amide bonds. The first-order valence-corrected chi connectivity index (χ1v) is 11.3. The molecule has 2 aromatic rings. The summed E-state index contributed by atoms with van der Waals surface area (Å²) in [6.07, 6.45) is 8.26. The van der Waals surface area contributed by atoms with Gasteiger partial charge in [0, 0.05) is 32.2 Å². The number of nitrogens with zero attached hydrogens (tertiary/aromatic N) is 2. The van der Waals surface area contributed by atoms with Gasteiger partial charge in [-0.3, -0.25) is 4.90 Å². The third-order valence-corrected chi connectivity index (χ3v) is 7.32. The van der Waals surface area contributed by atoms with Crippen LogP contribution in [-0.2, 0) is 6.42 Å². The van der Waals surface area contributed by atoms with Crippen LogP contribution in [0.4, 0.5) is 10.1 Å². The number of halogens is 1. The maximum atomic E-state index is 13.8. The molecule has 0 radical (unpaired) electrons. The summed E-state index contributed by atoms with van der Waals surface area (Å²) in [5.41, 5.74) is 5.08. The van der Waals surface area contributed by atoms with Gasteiger partial charge in [0.05, 0.1) is 12.8 Å². The summed E-state index contributed by atoms with van der Waals surface area (Å²) < 4.78 is 19.3. The number of benzene rings is 2. The average Bonchev–Trinajstić information content (AvgIpc) is 3.22. The highest BCUT2D eigenvalue weighted by Gasteiger charge is 2.31. The maximum absolute atomic E-state index is 13.8. The predicted molar refractivity (Wildman–Crippen MR) is 121 cm³/mol. The zero-order valence-corrected chi connectivity index (χ0v) is 17.8. The molecule has 0 unspecified atom stereocenters. The molecule has 1 heterocycles. The summed E-state index contributed by atoms with van der Waals surface area (Å²) in [6.45, 7) is 4.34. The van der Waals surface area contributed by atoms with Crippen molar-refractivity contribution in [2.45, 2.75) is 38.1 Å². The molecule has 30 heavy (non-hydrogen) atoms. The van der Waals surface area contributed by atoms with Gasteiger partial charge in [0.2, 0.25) is 0 Å². The molecule has 1 saturated heterocycles. The summed E-state index contributed by atoms with van der Waals surface area (Å²) in [4.78, 5) is 5.15. The molecule has 3 aliphatic rings. The van der Waals surface area contributed by atoms with E-state index in [1.165, 1.54) is 48.1 Å². The Morgan fingerprint density at radius 2 is 1.70 bits per heavy atom. The lowest BCUT2D eigenvalue weighted by Gasteiger charge is -2.43. The van der Waals surface area contributed by atoms with Gasteiger partial charge in [-0.15, -0.1) is 0 Å². The number of piperazine rings is 1. The first kappa shape index (κ1) is 19.6. The molecule has 1 aliphatic heterocycles. The number of methoxy groups -OCH3 is 1. The lowest BCUT2D eigenvalue weighted by atomic mass is 9.79. The van der Waals surface area contributed by atoms with Crippen molar-refractivity contribution in [1.29, 1.82) is 0 Å². The minimum Gasteiger partial charge on any atom is -0.495 e. The highest BCUT2D eigenvalue weighted by molar-refractivity contribution is 5.74. The van der Waals surface area contributed by atoms with E-state index in [2.05, 4.69) is 28.0 Å². The van der Waals surface area contributed by atoms with Crippen LogP contribution < -0.4 is 9.64 Å². The van der Waals surface area contributed by atoms with Crippen LogP contribution in [0.5, 0.6) is 5.75 Å². The van der Waals surface area contributed by atoms with E-state index in [-0.39, 0.29) is 5.82 Å². The van der Waals surface area contributed by atoms with E-state index < -0.39 is 0 Å². The van der Waals surface area contributed by atoms with Crippen LogP contribution in [0.1, 0.15) is 36.8 Å². The number of rotatable bonds is 4. The van der Waals surface area contributed by atoms with Crippen molar-refractivity contribution >= 4 is 11.3 Å². The van der Waals surface area contributed by atoms with E-state index in [0.717, 1.165) is 38.3 Å². The second-order valence-corrected chi connectivity index (χ2v) is 8.87. The molecule has 2 aliphatic carbocycles. The van der Waals surface area contributed by atoms with E-state index in [0.29, 0.717) is 12.0 Å². The first-order valence-electron chi connectivity index (χ1n) is 11.3. The van der Waals surface area contributed by atoms with Crippen molar-refractivity contribution in [1.82, 2.24) is 4.90 Å². The number of allylic oxidation sites excluding steroid dienone is 2. The first-order chi connectivity index (χ1) is 14.7. The Kier molecular flexibility index (Phi) is 5.51. The normalized spacial score (nSPS) is 24.5. The van der Waals surface area contributed by atoms with Crippen LogP contribution in [-0.4, -0.2) is 44.2 Å². The van der Waals surface area contributed by atoms with Gasteiger partial charge in [0.15, 0.2) is 0 Å². The fourth-order valence-corrected chi connectivity index (χ4v) is 5.68. The Labute approximate surface area is 179 Å². The summed E-state index contributed by atoms with van der Waals surface area (Å²) in [7, 11) is 1.75. The number of fused-ring (bicyclic) bond motifs is 1. The van der Waals surface area contributed by atoms with Gasteiger partial charge in [-0.05, 0) is 79.0 Å². The largest absolute Gasteiger partial charge is 0.495 e. The van der Waals surface area contributed by atoms with Crippen LogP contribution in [0.25, 0.3) is 5.57 Å². The van der Waals surface area contributed by atoms with Gasteiger partial charge in [-0.1, -0.05) is 24.3 Å². The van der Waals surface area contributed by atoms with Crippen molar-refractivity contribution in [2.75, 3.05) is 38.2 Å². The van der Waals surface area contributed by atoms with Crippen molar-refractivity contribution in [3.63, 3.8) is 0 Å². The molecular formula is C26H31FN2O. The van der Waals surface area contributed by atoms with E-state index in [1.807, 2.05) is 18.2 Å². The number of hydrogen-bond acceptors (Lipinski definition) is 3. The van der Waals surface area contributed by atoms with Crippen LogP contribution in [0.2, 0.25) is 0 Å². The SMILES string of the molecule is COc1ccccc1N1CCN(C2CCC(C3=CCc4ccc(F)cc43)CC2)CC1. The van der Waals surface area contributed by atoms with Gasteiger partial charge in [0.1, 0.15) is 11.6 Å². The van der Waals surface area contributed by atoms with E-state index in [9.17, 15) is 4.39 Å². The second-order valence-electron chi connectivity index (χ2n) is 8.87. The standard InChI is InChI=1S/C26H31FN2O/c1-30-26-5-3-2-4-25(26)29-16-14-28(15-17-29)22-11-7-19(8-12-22)23-13-9-20-6-10-21(27)18-24(20)23/h2-6,10,13,18-19,22H,7-9,11-12,14-17H2,1H3. The van der Waals surface area contributed by atoms with Gasteiger partial charge >= 0.3 is 0 Å². The van der Waals surface area contributed by atoms with E-state index in [1.54, 1.807) is 19.2 Å². The Morgan fingerprint density at radius 1 is 0.933 bits per heavy atom. The zero-order valence-electron chi connectivity index (χ0n) is 17.8. The number of ether oxygens (including phenoxy) is 1. The van der Waals surface area contributed by atoms with Crippen LogP contribution in [0.3, 0.4) is 0 Å². The molecule has 2 fully saturated rings. The Morgan fingerprint density at radius 3 is 2.47 bits per heavy atom. The van der Waals surface area contributed by atoms with Crippen LogP contribution >= 0.6 is 0 Å². The fourth-order valence-electron chi connectivity index (χ4n) is 5.68. The van der Waals surface area contributed by atoms with Crippen molar-refractivity contribution in [3.8, 4) is 5.75 Å². The molecule has 0 aromatic heterocycles. The van der Waals surface area contributed by atoms with Gasteiger partial charge in [-0.25, -0.2) is 4.39 Å². The molecule has 2 aromatic carbocycles. The highest BCUT2D eigenvalue weighted by atomic mass is 19.1. The number of para-hydroxylation sites is 2. The Bertz CT molecular complexity index is 924. The third-order valence-electron chi connectivity index (χ3n) is 7.32. The van der Waals surface area contributed by atoms with Crippen LogP contribution in [0.15, 0.2) is 48.5 Å². The average molecular weight is 407 g/mol. The molecule has 1 saturated carbocycles. The third kappa shape index (κ3) is 3.74. The van der Waals surface area contributed by atoms with Crippen molar-refractivity contribution in [3.05, 3.63) is 65.5 Å². The minimum absolute atomic E-state index is 0.108. The van der Waals surface area contributed by atoms with Crippen LogP contribution in [0, 0.1) is 11.7 Å². The lowest BCUT2D eigenvalue weighted by molar-refractivity contribution is 0.138. The number of anilines is 1. The predicted octanol–water partition coefficient (Wildman–Crippen LogP) is 5.15. The number of hydrogen-bond donors (Lipinski definition) is 0. The molecule has 3 nitrogen and oxygen atoms in total. The lowest BCUT2D eigenvalue weighted by Crippen LogP contribution is -2.51. The molecule has 5 rings (SSSR count). The molecule has 0 bridgehead atoms. The minimum atomic E-state index is -0.108. The van der Waals surface area contributed by atoms with Crippen molar-refractivity contribution in [2.24, 2.45) is 5.92 Å². The molecule has 4 heteroatoms. The molecular weight excluding hydrogens is 375 g/mol. The van der Waals surface area contributed by atoms with Crippen molar-refractivity contribution < 1.29 is 9.13 Å². The Balaban J connectivity index is 1.17. The maximum Gasteiger partial charge on any atom is 0.142 e. The molecule has 0 atom stereocenters. The fraction of sp³-hybridized carbons (Fsp3) is 0.462. The van der Waals surface area contributed by atoms with Gasteiger partial charge < -0.3 is 9.64 Å². The van der Waals surface area contributed by atoms with Gasteiger partial charge in [-0.2, -0.15) is 0 Å². The summed E-state index contributed by atoms with van der Waals surface area (Å²) in [5.74, 6) is 1.45. The van der Waals surface area contributed by atoms with E-state index in [4.69, 9.17) is 4.74 Å². The summed E-state index contributed by atoms with van der Waals surface area (Å²) >= 11 is 0. The summed E-state index contributed by atoms with van der Waals surface area (Å²) in [6, 6.07) is 14.3.